The normalized spacial score (nSPS) is 18.9. The number of anilines is 3. The second-order valence-electron chi connectivity index (χ2n) is 8.32. The monoisotopic (exact) mass is 391 g/mol. The van der Waals surface area contributed by atoms with Crippen LogP contribution >= 0.6 is 0 Å². The molecule has 1 aromatic carbocycles. The smallest absolute Gasteiger partial charge is 0.183 e. The zero-order valence-corrected chi connectivity index (χ0v) is 16.6. The van der Waals surface area contributed by atoms with E-state index in [-0.39, 0.29) is 11.2 Å². The summed E-state index contributed by atoms with van der Waals surface area (Å²) in [5.74, 6) is 1.74. The minimum Gasteiger partial charge on any atom is -0.355 e. The van der Waals surface area contributed by atoms with E-state index in [0.717, 1.165) is 55.1 Å². The van der Waals surface area contributed by atoms with Crippen molar-refractivity contribution >= 4 is 34.3 Å². The van der Waals surface area contributed by atoms with Gasteiger partial charge in [-0.05, 0) is 36.9 Å². The first-order valence-electron chi connectivity index (χ1n) is 10.1. The molecule has 150 valence electrons. The highest BCUT2D eigenvalue weighted by Crippen LogP contribution is 2.36. The van der Waals surface area contributed by atoms with Crippen LogP contribution in [-0.2, 0) is 0 Å². The first-order chi connectivity index (χ1) is 14.1. The van der Waals surface area contributed by atoms with E-state index >= 15 is 0 Å². The van der Waals surface area contributed by atoms with Gasteiger partial charge in [0.1, 0.15) is 5.82 Å². The summed E-state index contributed by atoms with van der Waals surface area (Å²) in [6.45, 7) is 5.41. The molecule has 0 spiro atoms. The number of fused-ring (bicyclic) bond motifs is 2. The van der Waals surface area contributed by atoms with E-state index in [1.54, 1.807) is 0 Å². The molecule has 0 aliphatic carbocycles. The number of carbonyl (C=O) groups is 1. The maximum atomic E-state index is 12.3. The fraction of sp³-hybridized carbons (Fsp3) is 0.429. The van der Waals surface area contributed by atoms with Crippen molar-refractivity contribution in [1.29, 1.82) is 0 Å². The lowest BCUT2D eigenvalue weighted by Crippen LogP contribution is -2.42. The molecule has 3 N–H and O–H groups in total. The van der Waals surface area contributed by atoms with Crippen LogP contribution in [0.5, 0.6) is 0 Å². The molecule has 8 nitrogen and oxygen atoms in total. The average Bonchev–Trinajstić information content (AvgIpc) is 3.18. The molecule has 8 heteroatoms. The SMILES string of the molecule is CC1(CN)CCN(c2cnc3c(N4CCC(=O)c5ccccc54)n[nH]c3n2)CC1. The Kier molecular flexibility index (Phi) is 4.24. The Hall–Kier alpha value is -3.00. The van der Waals surface area contributed by atoms with E-state index in [1.165, 1.54) is 0 Å². The summed E-state index contributed by atoms with van der Waals surface area (Å²) in [4.78, 5) is 26.0. The van der Waals surface area contributed by atoms with Crippen LogP contribution in [0.2, 0.25) is 0 Å². The van der Waals surface area contributed by atoms with Gasteiger partial charge in [-0.1, -0.05) is 19.1 Å². The van der Waals surface area contributed by atoms with E-state index in [9.17, 15) is 4.79 Å². The molecule has 0 unspecified atom stereocenters. The maximum absolute atomic E-state index is 12.3. The molecule has 29 heavy (non-hydrogen) atoms. The van der Waals surface area contributed by atoms with E-state index in [4.69, 9.17) is 15.7 Å². The lowest BCUT2D eigenvalue weighted by atomic mass is 9.80. The molecule has 0 radical (unpaired) electrons. The molecule has 0 bridgehead atoms. The number of aromatic nitrogens is 4. The van der Waals surface area contributed by atoms with Gasteiger partial charge in [-0.3, -0.25) is 9.89 Å². The number of ketones is 1. The summed E-state index contributed by atoms with van der Waals surface area (Å²) in [5.41, 5.74) is 9.14. The third kappa shape index (κ3) is 3.04. The number of nitrogens with two attached hydrogens (primary N) is 1. The maximum Gasteiger partial charge on any atom is 0.183 e. The molecule has 0 amide bonds. The van der Waals surface area contributed by atoms with E-state index in [1.807, 2.05) is 30.5 Å². The van der Waals surface area contributed by atoms with Gasteiger partial charge in [0.15, 0.2) is 22.8 Å². The van der Waals surface area contributed by atoms with Crippen LogP contribution in [0.25, 0.3) is 11.2 Å². The minimum absolute atomic E-state index is 0.166. The van der Waals surface area contributed by atoms with Gasteiger partial charge in [0, 0.05) is 31.6 Å². The van der Waals surface area contributed by atoms with Crippen molar-refractivity contribution in [2.45, 2.75) is 26.2 Å². The van der Waals surface area contributed by atoms with Crippen molar-refractivity contribution in [3.63, 3.8) is 0 Å². The number of nitrogens with one attached hydrogen (secondary N) is 1. The first kappa shape index (κ1) is 18.1. The lowest BCUT2D eigenvalue weighted by Gasteiger charge is -2.39. The number of rotatable bonds is 3. The van der Waals surface area contributed by atoms with Gasteiger partial charge >= 0.3 is 0 Å². The van der Waals surface area contributed by atoms with Crippen LogP contribution in [0.15, 0.2) is 30.5 Å². The van der Waals surface area contributed by atoms with Crippen molar-refractivity contribution < 1.29 is 4.79 Å². The minimum atomic E-state index is 0.166. The number of para-hydroxylation sites is 1. The zero-order valence-electron chi connectivity index (χ0n) is 16.6. The van der Waals surface area contributed by atoms with E-state index in [0.29, 0.717) is 24.4 Å². The van der Waals surface area contributed by atoms with E-state index < -0.39 is 0 Å². The van der Waals surface area contributed by atoms with Crippen molar-refractivity contribution in [3.05, 3.63) is 36.0 Å². The number of aromatic amines is 1. The van der Waals surface area contributed by atoms with Gasteiger partial charge in [0.05, 0.1) is 11.9 Å². The quantitative estimate of drug-likeness (QED) is 0.707. The molecule has 2 aliphatic rings. The number of nitrogens with zero attached hydrogens (tertiary/aromatic N) is 5. The summed E-state index contributed by atoms with van der Waals surface area (Å²) in [7, 11) is 0. The third-order valence-electron chi connectivity index (χ3n) is 6.34. The number of piperidine rings is 1. The Morgan fingerprint density at radius 2 is 2.00 bits per heavy atom. The van der Waals surface area contributed by atoms with Gasteiger partial charge < -0.3 is 15.5 Å². The molecule has 1 saturated heterocycles. The molecule has 1 fully saturated rings. The van der Waals surface area contributed by atoms with E-state index in [2.05, 4.69) is 26.9 Å². The lowest BCUT2D eigenvalue weighted by molar-refractivity contribution is 0.0981. The van der Waals surface area contributed by atoms with Crippen molar-refractivity contribution in [1.82, 2.24) is 20.2 Å². The standard InChI is InChI=1S/C21H25N7O/c1-21(13-22)7-10-27(11-8-21)17-12-23-18-19(24-17)25-26-20(18)28-9-6-16(29)14-4-2-3-5-15(14)28/h2-5,12H,6-11,13,22H2,1H3,(H,24,25,26). The van der Waals surface area contributed by atoms with Gasteiger partial charge in [-0.15, -0.1) is 0 Å². The zero-order chi connectivity index (χ0) is 20.0. The van der Waals surface area contributed by atoms with Gasteiger partial charge in [-0.25, -0.2) is 9.97 Å². The second-order valence-corrected chi connectivity index (χ2v) is 8.32. The first-order valence-corrected chi connectivity index (χ1v) is 10.1. The second kappa shape index (κ2) is 6.81. The molecule has 0 saturated carbocycles. The summed E-state index contributed by atoms with van der Waals surface area (Å²) in [6.07, 6.45) is 4.39. The number of H-pyrrole nitrogens is 1. The van der Waals surface area contributed by atoms with Crippen LogP contribution in [0.3, 0.4) is 0 Å². The van der Waals surface area contributed by atoms with Crippen molar-refractivity contribution in [2.75, 3.05) is 36.0 Å². The number of carbonyl (C=O) groups excluding carboxylic acids is 1. The predicted molar refractivity (Wildman–Crippen MR) is 113 cm³/mol. The molecule has 0 atom stereocenters. The van der Waals surface area contributed by atoms with Crippen LogP contribution in [0.1, 0.15) is 36.5 Å². The Bertz CT molecular complexity index is 1070. The Labute approximate surface area is 169 Å². The van der Waals surface area contributed by atoms with Crippen molar-refractivity contribution in [2.24, 2.45) is 11.1 Å². The topological polar surface area (TPSA) is 104 Å². The number of hydrogen-bond acceptors (Lipinski definition) is 7. The van der Waals surface area contributed by atoms with Crippen molar-refractivity contribution in [3.8, 4) is 0 Å². The summed E-state index contributed by atoms with van der Waals surface area (Å²) in [6, 6.07) is 7.66. The Morgan fingerprint density at radius 3 is 2.79 bits per heavy atom. The Balaban J connectivity index is 1.45. The summed E-state index contributed by atoms with van der Waals surface area (Å²) >= 11 is 0. The van der Waals surface area contributed by atoms with Crippen LogP contribution in [0, 0.1) is 5.41 Å². The van der Waals surface area contributed by atoms with Crippen LogP contribution in [-0.4, -0.2) is 52.1 Å². The van der Waals surface area contributed by atoms with Crippen LogP contribution in [0.4, 0.5) is 17.3 Å². The van der Waals surface area contributed by atoms with Gasteiger partial charge in [0.2, 0.25) is 0 Å². The third-order valence-corrected chi connectivity index (χ3v) is 6.34. The molecule has 2 aliphatic heterocycles. The van der Waals surface area contributed by atoms with Crippen LogP contribution < -0.4 is 15.5 Å². The number of hydrogen-bond donors (Lipinski definition) is 2. The van der Waals surface area contributed by atoms with Gasteiger partial charge in [-0.2, -0.15) is 5.10 Å². The Morgan fingerprint density at radius 1 is 1.21 bits per heavy atom. The molecular weight excluding hydrogens is 366 g/mol. The molecule has 5 rings (SSSR count). The summed E-state index contributed by atoms with van der Waals surface area (Å²) in [5, 5.41) is 7.53. The number of benzene rings is 1. The fourth-order valence-electron chi connectivity index (χ4n) is 4.23. The van der Waals surface area contributed by atoms with Gasteiger partial charge in [0.25, 0.3) is 0 Å². The predicted octanol–water partition coefficient (Wildman–Crippen LogP) is 2.64. The fourth-order valence-corrected chi connectivity index (χ4v) is 4.23. The molecule has 2 aromatic heterocycles. The molecular formula is C21H25N7O. The number of Topliss-reactive ketones (excluding diaryl/α,β-unsaturated/α-hetero) is 1. The average molecular weight is 391 g/mol. The highest BCUT2D eigenvalue weighted by Gasteiger charge is 2.30. The molecule has 4 heterocycles. The highest BCUT2D eigenvalue weighted by molar-refractivity contribution is 6.05. The summed E-state index contributed by atoms with van der Waals surface area (Å²) < 4.78 is 0. The highest BCUT2D eigenvalue weighted by atomic mass is 16.1. The molecule has 3 aromatic rings. The largest absolute Gasteiger partial charge is 0.355 e.